The molecule has 0 unspecified atom stereocenters. The monoisotopic (exact) mass is 407 g/mol. The Labute approximate surface area is 183 Å². The van der Waals surface area contributed by atoms with E-state index < -0.39 is 0 Å². The summed E-state index contributed by atoms with van der Waals surface area (Å²) in [6, 6.07) is 36.9. The van der Waals surface area contributed by atoms with E-state index in [0.717, 1.165) is 16.9 Å². The van der Waals surface area contributed by atoms with Crippen molar-refractivity contribution in [2.75, 3.05) is 0 Å². The molecule has 0 saturated carbocycles. The van der Waals surface area contributed by atoms with Crippen LogP contribution in [0, 0.1) is 0 Å². The number of benzene rings is 6. The number of aromatic nitrogens is 1. The van der Waals surface area contributed by atoms with Gasteiger partial charge in [0.25, 0.3) is 0 Å². The maximum atomic E-state index is 6.43. The summed E-state index contributed by atoms with van der Waals surface area (Å²) in [7, 11) is 0. The lowest BCUT2D eigenvalue weighted by Crippen LogP contribution is -1.94. The first kappa shape index (κ1) is 16.4. The minimum absolute atomic E-state index is 0.941. The fraction of sp³-hybridized carbons (Fsp3) is 0. The molecule has 8 rings (SSSR count). The number of rotatable bonds is 1. The lowest BCUT2D eigenvalue weighted by molar-refractivity contribution is 0.669. The van der Waals surface area contributed by atoms with E-state index in [2.05, 4.69) is 108 Å². The molecule has 0 saturated heterocycles. The molecule has 2 heteroatoms. The van der Waals surface area contributed by atoms with Crippen LogP contribution in [0.15, 0.2) is 108 Å². The van der Waals surface area contributed by atoms with Gasteiger partial charge in [-0.15, -0.1) is 0 Å². The number of hydrogen-bond acceptors (Lipinski definition) is 1. The van der Waals surface area contributed by atoms with Crippen molar-refractivity contribution in [2.45, 2.75) is 0 Å². The molecular weight excluding hydrogens is 390 g/mol. The van der Waals surface area contributed by atoms with Gasteiger partial charge in [0.05, 0.1) is 16.7 Å². The van der Waals surface area contributed by atoms with Crippen LogP contribution < -0.4 is 0 Å². The molecule has 0 fully saturated rings. The van der Waals surface area contributed by atoms with Gasteiger partial charge in [-0.1, -0.05) is 72.8 Å². The number of hydrogen-bond donors (Lipinski definition) is 0. The highest BCUT2D eigenvalue weighted by Crippen LogP contribution is 2.44. The SMILES string of the molecule is c1ccc2c(c1)c1cccc3oc4cc(-n5c6ccccc6c6ccccc65)cc2c4c31. The van der Waals surface area contributed by atoms with Crippen LogP contribution in [-0.4, -0.2) is 4.57 Å². The highest BCUT2D eigenvalue weighted by molar-refractivity contribution is 6.33. The van der Waals surface area contributed by atoms with Crippen molar-refractivity contribution in [2.24, 2.45) is 0 Å². The fourth-order valence-electron chi connectivity index (χ4n) is 5.65. The molecule has 8 aromatic rings. The molecule has 0 aliphatic heterocycles. The second kappa shape index (κ2) is 5.68. The second-order valence-corrected chi connectivity index (χ2v) is 8.56. The Morgan fingerprint density at radius 2 is 1.00 bits per heavy atom. The van der Waals surface area contributed by atoms with Crippen molar-refractivity contribution in [3.8, 4) is 5.69 Å². The van der Waals surface area contributed by atoms with Crippen LogP contribution in [0.3, 0.4) is 0 Å². The van der Waals surface area contributed by atoms with E-state index in [9.17, 15) is 0 Å². The third-order valence-corrected chi connectivity index (χ3v) is 6.93. The van der Waals surface area contributed by atoms with E-state index in [1.54, 1.807) is 0 Å². The topological polar surface area (TPSA) is 18.1 Å². The van der Waals surface area contributed by atoms with Crippen molar-refractivity contribution >= 4 is 65.3 Å². The van der Waals surface area contributed by atoms with Crippen LogP contribution in [0.1, 0.15) is 0 Å². The minimum atomic E-state index is 0.941. The molecule has 2 aromatic heterocycles. The summed E-state index contributed by atoms with van der Waals surface area (Å²) >= 11 is 0. The van der Waals surface area contributed by atoms with Gasteiger partial charge >= 0.3 is 0 Å². The van der Waals surface area contributed by atoms with E-state index in [4.69, 9.17) is 4.42 Å². The number of fused-ring (bicyclic) bond motifs is 6. The summed E-state index contributed by atoms with van der Waals surface area (Å²) in [6.45, 7) is 0. The molecule has 0 aliphatic rings. The molecule has 148 valence electrons. The zero-order valence-corrected chi connectivity index (χ0v) is 17.2. The maximum absolute atomic E-state index is 6.43. The Bertz CT molecular complexity index is 1930. The van der Waals surface area contributed by atoms with Crippen LogP contribution in [0.25, 0.3) is 71.0 Å². The third-order valence-electron chi connectivity index (χ3n) is 6.93. The highest BCUT2D eigenvalue weighted by Gasteiger charge is 2.19. The first-order valence-electron chi connectivity index (χ1n) is 11.0. The van der Waals surface area contributed by atoms with Crippen molar-refractivity contribution in [1.29, 1.82) is 0 Å². The van der Waals surface area contributed by atoms with Gasteiger partial charge in [-0.05, 0) is 45.8 Å². The van der Waals surface area contributed by atoms with Crippen LogP contribution in [-0.2, 0) is 0 Å². The maximum Gasteiger partial charge on any atom is 0.138 e. The molecule has 0 spiro atoms. The average molecular weight is 407 g/mol. The molecular formula is C30H17NO. The largest absolute Gasteiger partial charge is 0.456 e. The quantitative estimate of drug-likeness (QED) is 0.250. The van der Waals surface area contributed by atoms with Gasteiger partial charge in [-0.2, -0.15) is 0 Å². The van der Waals surface area contributed by atoms with Gasteiger partial charge in [0.15, 0.2) is 0 Å². The molecule has 0 N–H and O–H groups in total. The number of furan rings is 1. The molecule has 2 heterocycles. The van der Waals surface area contributed by atoms with Gasteiger partial charge in [0.1, 0.15) is 11.2 Å². The van der Waals surface area contributed by atoms with Crippen LogP contribution in [0.4, 0.5) is 0 Å². The van der Waals surface area contributed by atoms with Crippen molar-refractivity contribution in [1.82, 2.24) is 4.57 Å². The molecule has 2 nitrogen and oxygen atoms in total. The predicted octanol–water partition coefficient (Wildman–Crippen LogP) is 8.43. The van der Waals surface area contributed by atoms with Gasteiger partial charge < -0.3 is 8.98 Å². The molecule has 0 aliphatic carbocycles. The Kier molecular flexibility index (Phi) is 2.91. The van der Waals surface area contributed by atoms with Crippen molar-refractivity contribution in [3.63, 3.8) is 0 Å². The normalized spacial score (nSPS) is 12.4. The number of para-hydroxylation sites is 2. The van der Waals surface area contributed by atoms with E-state index in [1.807, 2.05) is 0 Å². The summed E-state index contributed by atoms with van der Waals surface area (Å²) in [4.78, 5) is 0. The first-order valence-corrected chi connectivity index (χ1v) is 11.0. The van der Waals surface area contributed by atoms with Crippen LogP contribution in [0.5, 0.6) is 0 Å². The zero-order valence-electron chi connectivity index (χ0n) is 17.2. The molecule has 0 atom stereocenters. The van der Waals surface area contributed by atoms with Gasteiger partial charge in [0, 0.05) is 27.6 Å². The van der Waals surface area contributed by atoms with E-state index in [0.29, 0.717) is 0 Å². The Balaban J connectivity index is 1.63. The Morgan fingerprint density at radius 3 is 1.72 bits per heavy atom. The smallest absolute Gasteiger partial charge is 0.138 e. The minimum Gasteiger partial charge on any atom is -0.456 e. The molecule has 6 aromatic carbocycles. The lowest BCUT2D eigenvalue weighted by atomic mass is 9.94. The lowest BCUT2D eigenvalue weighted by Gasteiger charge is -2.12. The zero-order chi connectivity index (χ0) is 20.8. The predicted molar refractivity (Wildman–Crippen MR) is 134 cm³/mol. The summed E-state index contributed by atoms with van der Waals surface area (Å²) in [5, 5.41) is 10.0. The van der Waals surface area contributed by atoms with Crippen molar-refractivity contribution in [3.05, 3.63) is 103 Å². The van der Waals surface area contributed by atoms with Crippen molar-refractivity contribution < 1.29 is 4.42 Å². The summed E-state index contributed by atoms with van der Waals surface area (Å²) in [6.07, 6.45) is 0. The molecule has 0 amide bonds. The average Bonchev–Trinajstić information content (AvgIpc) is 3.39. The number of nitrogens with zero attached hydrogens (tertiary/aromatic N) is 1. The highest BCUT2D eigenvalue weighted by atomic mass is 16.3. The summed E-state index contributed by atoms with van der Waals surface area (Å²) < 4.78 is 8.80. The molecule has 32 heavy (non-hydrogen) atoms. The second-order valence-electron chi connectivity index (χ2n) is 8.56. The third kappa shape index (κ3) is 1.91. The van der Waals surface area contributed by atoms with Gasteiger partial charge in [0.2, 0.25) is 0 Å². The fourth-order valence-corrected chi connectivity index (χ4v) is 5.65. The Hall–Kier alpha value is -4.30. The Morgan fingerprint density at radius 1 is 0.438 bits per heavy atom. The standard InChI is InChI=1S/C30H17NO/c1-2-9-20-19(8-1)23-12-7-15-27-29(23)30-24(20)16-18(17-28(30)32-27)31-25-13-5-3-10-21(25)22-11-4-6-14-26(22)31/h1-17H. The van der Waals surface area contributed by atoms with E-state index in [-0.39, 0.29) is 0 Å². The van der Waals surface area contributed by atoms with Gasteiger partial charge in [-0.25, -0.2) is 0 Å². The van der Waals surface area contributed by atoms with Crippen LogP contribution in [0.2, 0.25) is 0 Å². The first-order chi connectivity index (χ1) is 15.9. The summed E-state index contributed by atoms with van der Waals surface area (Å²) in [5.74, 6) is 0. The summed E-state index contributed by atoms with van der Waals surface area (Å²) in [5.41, 5.74) is 5.44. The van der Waals surface area contributed by atoms with E-state index >= 15 is 0 Å². The molecule has 0 bridgehead atoms. The molecule has 0 radical (unpaired) electrons. The van der Waals surface area contributed by atoms with Crippen LogP contribution >= 0.6 is 0 Å². The van der Waals surface area contributed by atoms with Gasteiger partial charge in [-0.3, -0.25) is 0 Å². The van der Waals surface area contributed by atoms with E-state index in [1.165, 1.54) is 54.1 Å².